The van der Waals surface area contributed by atoms with E-state index in [1.165, 1.54) is 0 Å². The van der Waals surface area contributed by atoms with Gasteiger partial charge in [0.05, 0.1) is 13.2 Å². The first-order valence-corrected chi connectivity index (χ1v) is 6.36. The number of carboxylic acids is 1. The number of amides is 1. The Labute approximate surface area is 106 Å². The molecule has 0 radical (unpaired) electrons. The molecule has 0 saturated carbocycles. The number of hydrogen-bond donors (Lipinski definition) is 1. The predicted molar refractivity (Wildman–Crippen MR) is 62.1 cm³/mol. The number of morpholine rings is 1. The molecule has 0 aromatic rings. The van der Waals surface area contributed by atoms with E-state index < -0.39 is 12.1 Å². The molecule has 1 amide bonds. The lowest BCUT2D eigenvalue weighted by Crippen LogP contribution is -2.48. The lowest BCUT2D eigenvalue weighted by Gasteiger charge is -2.31. The molecular weight excluding hydrogens is 238 g/mol. The van der Waals surface area contributed by atoms with E-state index in [4.69, 9.17) is 14.6 Å². The Hall–Kier alpha value is -1.14. The van der Waals surface area contributed by atoms with Crippen LogP contribution in [-0.4, -0.2) is 60.9 Å². The van der Waals surface area contributed by atoms with Crippen LogP contribution in [0.3, 0.4) is 0 Å². The van der Waals surface area contributed by atoms with Crippen molar-refractivity contribution in [2.75, 3.05) is 32.9 Å². The topological polar surface area (TPSA) is 76.1 Å². The second-order valence-corrected chi connectivity index (χ2v) is 4.81. The van der Waals surface area contributed by atoms with Gasteiger partial charge in [0.2, 0.25) is 5.91 Å². The van der Waals surface area contributed by atoms with E-state index in [1.54, 1.807) is 4.90 Å². The van der Waals surface area contributed by atoms with Gasteiger partial charge < -0.3 is 19.5 Å². The zero-order chi connectivity index (χ0) is 13.0. The Morgan fingerprint density at radius 3 is 2.83 bits per heavy atom. The normalized spacial score (nSPS) is 28.3. The van der Waals surface area contributed by atoms with E-state index in [-0.39, 0.29) is 12.5 Å². The van der Waals surface area contributed by atoms with E-state index in [2.05, 4.69) is 0 Å². The molecule has 2 rings (SSSR count). The molecule has 0 bridgehead atoms. The van der Waals surface area contributed by atoms with Crippen molar-refractivity contribution < 1.29 is 24.2 Å². The summed E-state index contributed by atoms with van der Waals surface area (Å²) in [5.41, 5.74) is 0. The summed E-state index contributed by atoms with van der Waals surface area (Å²) in [7, 11) is 0. The molecule has 2 aliphatic rings. The van der Waals surface area contributed by atoms with E-state index >= 15 is 0 Å². The molecular formula is C12H19NO5. The van der Waals surface area contributed by atoms with Gasteiger partial charge in [0.1, 0.15) is 0 Å². The first kappa shape index (κ1) is 13.3. The Morgan fingerprint density at radius 1 is 1.33 bits per heavy atom. The number of carbonyl (C=O) groups excluding carboxylic acids is 1. The maximum atomic E-state index is 12.0. The SMILES string of the molecule is O=C(O)C1CN(C(=O)CCC2CCOC2)CCO1. The molecule has 0 aliphatic carbocycles. The number of nitrogens with zero attached hydrogens (tertiary/aromatic N) is 1. The first-order valence-electron chi connectivity index (χ1n) is 6.36. The van der Waals surface area contributed by atoms with Crippen molar-refractivity contribution in [1.29, 1.82) is 0 Å². The fraction of sp³-hybridized carbons (Fsp3) is 0.833. The van der Waals surface area contributed by atoms with Crippen LogP contribution in [0.25, 0.3) is 0 Å². The molecule has 1 N–H and O–H groups in total. The molecule has 2 heterocycles. The zero-order valence-electron chi connectivity index (χ0n) is 10.3. The summed E-state index contributed by atoms with van der Waals surface area (Å²) in [4.78, 5) is 24.4. The maximum absolute atomic E-state index is 12.0. The van der Waals surface area contributed by atoms with Crippen molar-refractivity contribution in [2.45, 2.75) is 25.4 Å². The summed E-state index contributed by atoms with van der Waals surface area (Å²) in [6.07, 6.45) is 1.44. The third-order valence-corrected chi connectivity index (χ3v) is 3.49. The minimum absolute atomic E-state index is 0.0245. The van der Waals surface area contributed by atoms with Crippen LogP contribution < -0.4 is 0 Å². The number of carboxylic acid groups (broad SMARTS) is 1. The monoisotopic (exact) mass is 257 g/mol. The summed E-state index contributed by atoms with van der Waals surface area (Å²) in [5.74, 6) is -0.501. The van der Waals surface area contributed by atoms with Crippen LogP contribution in [0.5, 0.6) is 0 Å². The fourth-order valence-corrected chi connectivity index (χ4v) is 2.32. The van der Waals surface area contributed by atoms with Crippen LogP contribution in [-0.2, 0) is 19.1 Å². The summed E-state index contributed by atoms with van der Waals surface area (Å²) in [6, 6.07) is 0. The van der Waals surface area contributed by atoms with Gasteiger partial charge in [-0.05, 0) is 18.8 Å². The average Bonchev–Trinajstić information content (AvgIpc) is 2.89. The Balaban J connectivity index is 1.75. The van der Waals surface area contributed by atoms with Crippen molar-refractivity contribution in [1.82, 2.24) is 4.90 Å². The molecule has 6 nitrogen and oxygen atoms in total. The molecule has 2 atom stereocenters. The predicted octanol–water partition coefficient (Wildman–Crippen LogP) is 0.115. The van der Waals surface area contributed by atoms with Crippen LogP contribution in [0.1, 0.15) is 19.3 Å². The molecule has 0 aromatic heterocycles. The second-order valence-electron chi connectivity index (χ2n) is 4.81. The van der Waals surface area contributed by atoms with Crippen molar-refractivity contribution in [3.05, 3.63) is 0 Å². The Morgan fingerprint density at radius 2 is 2.17 bits per heavy atom. The summed E-state index contributed by atoms with van der Waals surface area (Å²) in [6.45, 7) is 2.49. The lowest BCUT2D eigenvalue weighted by atomic mass is 10.0. The molecule has 2 saturated heterocycles. The van der Waals surface area contributed by atoms with Gasteiger partial charge in [-0.2, -0.15) is 0 Å². The lowest BCUT2D eigenvalue weighted by molar-refractivity contribution is -0.159. The van der Waals surface area contributed by atoms with E-state index in [9.17, 15) is 9.59 Å². The smallest absolute Gasteiger partial charge is 0.334 e. The molecule has 2 aliphatic heterocycles. The summed E-state index contributed by atoms with van der Waals surface area (Å²) >= 11 is 0. The highest BCUT2D eigenvalue weighted by Gasteiger charge is 2.29. The van der Waals surface area contributed by atoms with E-state index in [1.807, 2.05) is 0 Å². The van der Waals surface area contributed by atoms with E-state index in [0.29, 0.717) is 25.5 Å². The number of rotatable bonds is 4. The first-order chi connectivity index (χ1) is 8.66. The molecule has 0 spiro atoms. The highest BCUT2D eigenvalue weighted by Crippen LogP contribution is 2.19. The number of aliphatic carboxylic acids is 1. The largest absolute Gasteiger partial charge is 0.479 e. The average molecular weight is 257 g/mol. The van der Waals surface area contributed by atoms with Gasteiger partial charge in [-0.15, -0.1) is 0 Å². The second kappa shape index (κ2) is 6.15. The Kier molecular flexibility index (Phi) is 4.54. The zero-order valence-corrected chi connectivity index (χ0v) is 10.3. The fourth-order valence-electron chi connectivity index (χ4n) is 2.32. The summed E-state index contributed by atoms with van der Waals surface area (Å²) in [5, 5.41) is 8.86. The minimum Gasteiger partial charge on any atom is -0.479 e. The van der Waals surface area contributed by atoms with Crippen LogP contribution in [0, 0.1) is 5.92 Å². The van der Waals surface area contributed by atoms with Crippen molar-refractivity contribution in [3.63, 3.8) is 0 Å². The molecule has 0 aromatic carbocycles. The number of carbonyl (C=O) groups is 2. The quantitative estimate of drug-likeness (QED) is 0.774. The number of ether oxygens (including phenoxy) is 2. The van der Waals surface area contributed by atoms with Gasteiger partial charge in [0.25, 0.3) is 0 Å². The molecule has 2 unspecified atom stereocenters. The van der Waals surface area contributed by atoms with Crippen molar-refractivity contribution >= 4 is 11.9 Å². The van der Waals surface area contributed by atoms with Crippen LogP contribution in [0.4, 0.5) is 0 Å². The van der Waals surface area contributed by atoms with Crippen LogP contribution in [0.15, 0.2) is 0 Å². The minimum atomic E-state index is -1.00. The maximum Gasteiger partial charge on any atom is 0.334 e. The third kappa shape index (κ3) is 3.43. The third-order valence-electron chi connectivity index (χ3n) is 3.49. The van der Waals surface area contributed by atoms with Gasteiger partial charge in [0.15, 0.2) is 6.10 Å². The standard InChI is InChI=1S/C12H19NO5/c14-11(2-1-9-3-5-17-8-9)13-4-6-18-10(7-13)12(15)16/h9-10H,1-8H2,(H,15,16). The molecule has 18 heavy (non-hydrogen) atoms. The van der Waals surface area contributed by atoms with Crippen LogP contribution >= 0.6 is 0 Å². The van der Waals surface area contributed by atoms with Gasteiger partial charge in [-0.25, -0.2) is 4.79 Å². The van der Waals surface area contributed by atoms with Gasteiger partial charge in [-0.3, -0.25) is 4.79 Å². The highest BCUT2D eigenvalue weighted by molar-refractivity contribution is 5.78. The number of hydrogen-bond acceptors (Lipinski definition) is 4. The molecule has 2 fully saturated rings. The molecule has 6 heteroatoms. The van der Waals surface area contributed by atoms with Crippen molar-refractivity contribution in [2.24, 2.45) is 5.92 Å². The van der Waals surface area contributed by atoms with E-state index in [0.717, 1.165) is 26.1 Å². The van der Waals surface area contributed by atoms with Gasteiger partial charge in [-0.1, -0.05) is 0 Å². The van der Waals surface area contributed by atoms with Crippen molar-refractivity contribution in [3.8, 4) is 0 Å². The molecule has 102 valence electrons. The Bertz CT molecular complexity index is 314. The highest BCUT2D eigenvalue weighted by atomic mass is 16.5. The van der Waals surface area contributed by atoms with Gasteiger partial charge in [0, 0.05) is 26.2 Å². The van der Waals surface area contributed by atoms with Gasteiger partial charge >= 0.3 is 5.97 Å². The van der Waals surface area contributed by atoms with Crippen LogP contribution in [0.2, 0.25) is 0 Å². The summed E-state index contributed by atoms with van der Waals surface area (Å²) < 4.78 is 10.3.